The first-order valence-corrected chi connectivity index (χ1v) is 12.3. The van der Waals surface area contributed by atoms with Crippen molar-refractivity contribution in [2.75, 3.05) is 6.61 Å². The average Bonchev–Trinajstić information content (AvgIpc) is 3.26. The van der Waals surface area contributed by atoms with Gasteiger partial charge in [-0.1, -0.05) is 6.92 Å². The number of Topliss-reactive ketones (excluding diaryl/α,β-unsaturated/α-hetero) is 1. The lowest BCUT2D eigenvalue weighted by Crippen LogP contribution is -2.72. The van der Waals surface area contributed by atoms with Gasteiger partial charge in [-0.15, -0.1) is 0 Å². The minimum Gasteiger partial charge on any atom is -0.472 e. The normalized spacial score (nSPS) is 52.4. The molecule has 0 N–H and O–H groups in total. The fourth-order valence-electron chi connectivity index (χ4n) is 9.34. The molecule has 2 aliphatic carbocycles. The zero-order chi connectivity index (χ0) is 23.9. The maximum atomic E-state index is 14.2. The van der Waals surface area contributed by atoms with E-state index in [4.69, 9.17) is 23.4 Å². The van der Waals surface area contributed by atoms with Crippen LogP contribution in [0.4, 0.5) is 0 Å². The van der Waals surface area contributed by atoms with E-state index in [2.05, 4.69) is 6.92 Å². The number of epoxide rings is 1. The van der Waals surface area contributed by atoms with Crippen LogP contribution in [0.2, 0.25) is 0 Å². The van der Waals surface area contributed by atoms with Crippen molar-refractivity contribution < 1.29 is 37.7 Å². The summed E-state index contributed by atoms with van der Waals surface area (Å²) < 4.78 is 29.8. The smallest absolute Gasteiger partial charge is 0.339 e. The summed E-state index contributed by atoms with van der Waals surface area (Å²) in [6.07, 6.45) is 3.46. The first kappa shape index (κ1) is 21.1. The number of hydrogen-bond donors (Lipinski definition) is 0. The van der Waals surface area contributed by atoms with Crippen LogP contribution in [-0.4, -0.2) is 47.7 Å². The molecule has 0 aromatic carbocycles. The van der Waals surface area contributed by atoms with Gasteiger partial charge in [-0.3, -0.25) is 9.59 Å². The summed E-state index contributed by atoms with van der Waals surface area (Å²) in [6.45, 7) is 8.36. The molecular weight excluding hydrogens is 440 g/mol. The molecule has 0 bridgehead atoms. The predicted octanol–water partition coefficient (Wildman–Crippen LogP) is 3.14. The van der Waals surface area contributed by atoms with Gasteiger partial charge in [0, 0.05) is 28.7 Å². The summed E-state index contributed by atoms with van der Waals surface area (Å²) in [6, 6.07) is 1.81. The summed E-state index contributed by atoms with van der Waals surface area (Å²) in [7, 11) is 0. The lowest BCUT2D eigenvalue weighted by molar-refractivity contribution is -0.225. The van der Waals surface area contributed by atoms with Gasteiger partial charge in [-0.2, -0.15) is 0 Å². The molecule has 5 heterocycles. The number of furan rings is 1. The Morgan fingerprint density at radius 1 is 0.971 bits per heavy atom. The molecule has 1 aromatic heterocycles. The molecule has 7 rings (SSSR count). The topological polar surface area (TPSA) is 105 Å². The highest BCUT2D eigenvalue weighted by Gasteiger charge is 2.89. The standard InChI is InChI=1S/C26H30O8/c1-22(2)15-9-16(27)24(4)14(25(15)12-31-18(28)10-17(25)33-22)5-7-23(3)19(13-6-8-30-11-13)32-21(29)20-26(23,24)34-20/h6,8,11,14-15,17,19-20H,5,7,9-10,12H2,1-4H3/t14-,15+,17-,19-,20+,23-,24-,25+,26+/m0/s1. The highest BCUT2D eigenvalue weighted by molar-refractivity contribution is 5.93. The van der Waals surface area contributed by atoms with Crippen LogP contribution in [0.3, 0.4) is 0 Å². The Hall–Kier alpha value is -2.19. The summed E-state index contributed by atoms with van der Waals surface area (Å²) in [5, 5.41) is 0. The molecule has 0 unspecified atom stereocenters. The van der Waals surface area contributed by atoms with Gasteiger partial charge in [0.1, 0.15) is 24.1 Å². The number of ketones is 1. The molecule has 6 aliphatic rings. The van der Waals surface area contributed by atoms with E-state index in [0.717, 1.165) is 12.0 Å². The van der Waals surface area contributed by atoms with Gasteiger partial charge in [0.2, 0.25) is 0 Å². The molecule has 0 amide bonds. The number of hydrogen-bond acceptors (Lipinski definition) is 8. The molecular formula is C26H30O8. The fraction of sp³-hybridized carbons (Fsp3) is 0.731. The summed E-state index contributed by atoms with van der Waals surface area (Å²) >= 11 is 0. The van der Waals surface area contributed by atoms with E-state index in [9.17, 15) is 14.4 Å². The number of ether oxygens (including phenoxy) is 4. The van der Waals surface area contributed by atoms with E-state index < -0.39 is 45.6 Å². The van der Waals surface area contributed by atoms with E-state index in [1.807, 2.05) is 26.8 Å². The monoisotopic (exact) mass is 470 g/mol. The Kier molecular flexibility index (Phi) is 3.70. The summed E-state index contributed by atoms with van der Waals surface area (Å²) in [5.74, 6) is -0.780. The van der Waals surface area contributed by atoms with E-state index in [1.54, 1.807) is 12.5 Å². The van der Waals surface area contributed by atoms with E-state index in [1.165, 1.54) is 0 Å². The SMILES string of the molecule is CC1(C)O[C@H]2CC(=O)OC[C@@]23[C@@H]1CC(=O)[C@]1(C)[C@@H]3CC[C@@]2(C)[C@H](c3ccoc3)OC(=O)[C@H]3O[C@]321. The Labute approximate surface area is 197 Å². The van der Waals surface area contributed by atoms with Crippen molar-refractivity contribution in [3.8, 4) is 0 Å². The van der Waals surface area contributed by atoms with Crippen LogP contribution < -0.4 is 0 Å². The third kappa shape index (κ3) is 2.02. The predicted molar refractivity (Wildman–Crippen MR) is 114 cm³/mol. The first-order chi connectivity index (χ1) is 16.0. The van der Waals surface area contributed by atoms with Crippen molar-refractivity contribution >= 4 is 17.7 Å². The first-order valence-electron chi connectivity index (χ1n) is 12.3. The number of carbonyl (C=O) groups is 3. The number of esters is 2. The minimum absolute atomic E-state index is 0.0677. The average molecular weight is 471 g/mol. The van der Waals surface area contributed by atoms with Gasteiger partial charge in [0.25, 0.3) is 0 Å². The number of cyclic esters (lactones) is 2. The van der Waals surface area contributed by atoms with E-state index in [0.29, 0.717) is 12.8 Å². The van der Waals surface area contributed by atoms with Crippen LogP contribution in [0.5, 0.6) is 0 Å². The molecule has 34 heavy (non-hydrogen) atoms. The molecule has 1 aromatic rings. The molecule has 2 spiro atoms. The highest BCUT2D eigenvalue weighted by Crippen LogP contribution is 2.79. The molecule has 4 saturated heterocycles. The second kappa shape index (κ2) is 5.95. The Balaban J connectivity index is 1.41. The second-order valence-electron chi connectivity index (χ2n) is 12.2. The van der Waals surface area contributed by atoms with Crippen LogP contribution in [0.25, 0.3) is 0 Å². The van der Waals surface area contributed by atoms with Gasteiger partial charge >= 0.3 is 11.9 Å². The third-order valence-corrected chi connectivity index (χ3v) is 10.7. The van der Waals surface area contributed by atoms with Crippen LogP contribution in [0, 0.1) is 28.1 Å². The van der Waals surface area contributed by atoms with Gasteiger partial charge in [0.15, 0.2) is 6.10 Å². The van der Waals surface area contributed by atoms with Crippen molar-refractivity contribution in [1.29, 1.82) is 0 Å². The Morgan fingerprint density at radius 2 is 1.76 bits per heavy atom. The van der Waals surface area contributed by atoms with Gasteiger partial charge < -0.3 is 23.4 Å². The number of rotatable bonds is 1. The quantitative estimate of drug-likeness (QED) is 0.455. The van der Waals surface area contributed by atoms with Gasteiger partial charge in [0.05, 0.1) is 36.1 Å². The number of carbonyl (C=O) groups excluding carboxylic acids is 3. The highest BCUT2D eigenvalue weighted by atomic mass is 16.7. The maximum Gasteiger partial charge on any atom is 0.339 e. The minimum atomic E-state index is -0.976. The molecule has 8 heteroatoms. The summed E-state index contributed by atoms with van der Waals surface area (Å²) in [5.41, 5.74) is -2.78. The molecule has 4 aliphatic heterocycles. The molecule has 182 valence electrons. The van der Waals surface area contributed by atoms with Crippen molar-refractivity contribution in [3.63, 3.8) is 0 Å². The van der Waals surface area contributed by atoms with Gasteiger partial charge in [-0.05, 0) is 45.6 Å². The molecule has 9 atom stereocenters. The van der Waals surface area contributed by atoms with Crippen molar-refractivity contribution in [2.45, 2.75) is 82.9 Å². The molecule has 0 radical (unpaired) electrons. The third-order valence-electron chi connectivity index (χ3n) is 10.7. The zero-order valence-electron chi connectivity index (χ0n) is 19.9. The van der Waals surface area contributed by atoms with E-state index in [-0.39, 0.29) is 42.7 Å². The van der Waals surface area contributed by atoms with Crippen LogP contribution in [0.15, 0.2) is 23.0 Å². The van der Waals surface area contributed by atoms with Crippen molar-refractivity contribution in [2.24, 2.45) is 28.1 Å². The van der Waals surface area contributed by atoms with E-state index >= 15 is 0 Å². The van der Waals surface area contributed by atoms with Crippen LogP contribution in [0.1, 0.15) is 65.0 Å². The molecule has 2 saturated carbocycles. The molecule has 8 nitrogen and oxygen atoms in total. The fourth-order valence-corrected chi connectivity index (χ4v) is 9.34. The van der Waals surface area contributed by atoms with Gasteiger partial charge in [-0.25, -0.2) is 4.79 Å². The lowest BCUT2D eigenvalue weighted by Gasteiger charge is -2.65. The zero-order valence-corrected chi connectivity index (χ0v) is 19.9. The summed E-state index contributed by atoms with van der Waals surface area (Å²) in [4.78, 5) is 39.7. The lowest BCUT2D eigenvalue weighted by atomic mass is 9.37. The largest absolute Gasteiger partial charge is 0.472 e. The number of fused-ring (bicyclic) bond motifs is 1. The van der Waals surface area contributed by atoms with Crippen molar-refractivity contribution in [1.82, 2.24) is 0 Å². The molecule has 6 fully saturated rings. The Morgan fingerprint density at radius 3 is 2.50 bits per heavy atom. The maximum absolute atomic E-state index is 14.2. The van der Waals surface area contributed by atoms with Crippen molar-refractivity contribution in [3.05, 3.63) is 24.2 Å². The Bertz CT molecular complexity index is 1120. The van der Waals surface area contributed by atoms with Crippen LogP contribution >= 0.6 is 0 Å². The van der Waals surface area contributed by atoms with Crippen LogP contribution in [-0.2, 0) is 33.3 Å². The second-order valence-corrected chi connectivity index (χ2v) is 12.2.